The van der Waals surface area contributed by atoms with E-state index < -0.39 is 0 Å². The van der Waals surface area contributed by atoms with Crippen LogP contribution in [-0.4, -0.2) is 19.6 Å². The van der Waals surface area contributed by atoms with Gasteiger partial charge >= 0.3 is 0 Å². The number of rotatable bonds is 1. The molecule has 1 rings (SSSR count). The second kappa shape index (κ2) is 6.40. The van der Waals surface area contributed by atoms with Gasteiger partial charge in [0.05, 0.1) is 13.7 Å². The first-order chi connectivity index (χ1) is 7.27. The van der Waals surface area contributed by atoms with E-state index in [-0.39, 0.29) is 5.92 Å². The zero-order valence-electron chi connectivity index (χ0n) is 8.69. The van der Waals surface area contributed by atoms with Crippen LogP contribution in [0.4, 0.5) is 0 Å². The van der Waals surface area contributed by atoms with Gasteiger partial charge in [0.15, 0.2) is 0 Å². The molecule has 0 aromatic rings. The molecule has 80 valence electrons. The summed E-state index contributed by atoms with van der Waals surface area (Å²) >= 11 is 3.51. The lowest BCUT2D eigenvalue weighted by Gasteiger charge is -2.07. The van der Waals surface area contributed by atoms with Crippen LogP contribution < -0.4 is 0 Å². The molecule has 0 bridgehead atoms. The molecule has 15 heavy (non-hydrogen) atoms. The minimum absolute atomic E-state index is 0.160. The number of aliphatic imine (C=N–C) groups is 1. The van der Waals surface area contributed by atoms with E-state index in [9.17, 15) is 0 Å². The highest BCUT2D eigenvalue weighted by atomic mass is 79.9. The summed E-state index contributed by atoms with van der Waals surface area (Å²) in [7, 11) is 1.62. The highest BCUT2D eigenvalue weighted by Crippen LogP contribution is 2.20. The van der Waals surface area contributed by atoms with Crippen molar-refractivity contribution in [2.45, 2.75) is 0 Å². The monoisotopic (exact) mass is 267 g/mol. The van der Waals surface area contributed by atoms with Crippen molar-refractivity contribution in [1.29, 1.82) is 0 Å². The van der Waals surface area contributed by atoms with E-state index >= 15 is 0 Å². The molecule has 0 aromatic carbocycles. The summed E-state index contributed by atoms with van der Waals surface area (Å²) in [4.78, 5) is 4.24. The van der Waals surface area contributed by atoms with Crippen LogP contribution in [0.3, 0.4) is 0 Å². The van der Waals surface area contributed by atoms with Gasteiger partial charge in [-0.15, -0.1) is 6.58 Å². The Bertz CT molecular complexity index is 340. The van der Waals surface area contributed by atoms with Gasteiger partial charge in [-0.2, -0.15) is 0 Å². The summed E-state index contributed by atoms with van der Waals surface area (Å²) in [5.74, 6) is 0.793. The molecule has 0 saturated carbocycles. The molecule has 1 heterocycles. The zero-order valence-corrected chi connectivity index (χ0v) is 10.3. The molecule has 1 atom stereocenters. The van der Waals surface area contributed by atoms with E-state index in [0.717, 1.165) is 4.48 Å². The third kappa shape index (κ3) is 3.88. The lowest BCUT2D eigenvalue weighted by molar-refractivity contribution is 0.405. The minimum atomic E-state index is 0.160. The van der Waals surface area contributed by atoms with E-state index in [4.69, 9.17) is 4.74 Å². The van der Waals surface area contributed by atoms with Crippen LogP contribution in [0.5, 0.6) is 0 Å². The largest absolute Gasteiger partial charge is 0.481 e. The Morgan fingerprint density at radius 2 is 2.47 bits per heavy atom. The van der Waals surface area contributed by atoms with E-state index in [0.29, 0.717) is 12.4 Å². The van der Waals surface area contributed by atoms with Crippen molar-refractivity contribution in [2.75, 3.05) is 13.7 Å². The van der Waals surface area contributed by atoms with E-state index in [1.807, 2.05) is 36.5 Å². The smallest absolute Gasteiger partial charge is 0.208 e. The maximum Gasteiger partial charge on any atom is 0.208 e. The maximum absolute atomic E-state index is 5.11. The molecule has 2 nitrogen and oxygen atoms in total. The third-order valence-electron chi connectivity index (χ3n) is 1.97. The Labute approximate surface area is 98.9 Å². The Morgan fingerprint density at radius 3 is 3.13 bits per heavy atom. The summed E-state index contributed by atoms with van der Waals surface area (Å²) in [6, 6.07) is 0. The maximum atomic E-state index is 5.11. The zero-order chi connectivity index (χ0) is 11.1. The summed E-state index contributed by atoms with van der Waals surface area (Å²) in [6.07, 6.45) is 11.7. The Kier molecular flexibility index (Phi) is 5.12. The molecule has 0 aliphatic carbocycles. The number of hydrogen-bond donors (Lipinski definition) is 0. The van der Waals surface area contributed by atoms with Crippen LogP contribution in [0.1, 0.15) is 0 Å². The first-order valence-electron chi connectivity index (χ1n) is 4.69. The number of nitrogens with zero attached hydrogens (tertiary/aromatic N) is 1. The molecule has 1 aliphatic heterocycles. The van der Waals surface area contributed by atoms with Gasteiger partial charge in [0.1, 0.15) is 0 Å². The van der Waals surface area contributed by atoms with Crippen LogP contribution in [0.2, 0.25) is 0 Å². The van der Waals surface area contributed by atoms with E-state index in [1.54, 1.807) is 7.11 Å². The molecule has 0 N–H and O–H groups in total. The summed E-state index contributed by atoms with van der Waals surface area (Å²) < 4.78 is 6.18. The Balaban J connectivity index is 2.94. The fourth-order valence-corrected chi connectivity index (χ4v) is 1.62. The number of hydrogen-bond acceptors (Lipinski definition) is 2. The van der Waals surface area contributed by atoms with Crippen molar-refractivity contribution in [3.8, 4) is 0 Å². The fourth-order valence-electron chi connectivity index (χ4n) is 1.13. The fraction of sp³-hybridized carbons (Fsp3) is 0.250. The normalized spacial score (nSPS) is 29.3. The molecule has 0 aromatic heterocycles. The SMILES string of the molecule is C=CC1/C=C\C(OC)=NC/C=C\C=C/1Br. The third-order valence-corrected chi connectivity index (χ3v) is 2.76. The first kappa shape index (κ1) is 12.0. The molecule has 1 aliphatic rings. The van der Waals surface area contributed by atoms with Gasteiger partial charge in [-0.05, 0) is 6.08 Å². The quantitative estimate of drug-likeness (QED) is 0.669. The molecule has 0 amide bonds. The molecule has 0 spiro atoms. The van der Waals surface area contributed by atoms with Crippen LogP contribution in [0.25, 0.3) is 0 Å². The lowest BCUT2D eigenvalue weighted by Crippen LogP contribution is -2.00. The average molecular weight is 268 g/mol. The van der Waals surface area contributed by atoms with Gasteiger partial charge in [-0.1, -0.05) is 46.3 Å². The highest BCUT2D eigenvalue weighted by molar-refractivity contribution is 9.11. The highest BCUT2D eigenvalue weighted by Gasteiger charge is 2.04. The Morgan fingerprint density at radius 1 is 1.67 bits per heavy atom. The Hall–Kier alpha value is -1.09. The summed E-state index contributed by atoms with van der Waals surface area (Å²) in [5, 5.41) is 0. The van der Waals surface area contributed by atoms with Crippen molar-refractivity contribution in [1.82, 2.24) is 0 Å². The van der Waals surface area contributed by atoms with Gasteiger partial charge in [0, 0.05) is 10.4 Å². The number of allylic oxidation sites excluding steroid dienone is 5. The van der Waals surface area contributed by atoms with Crippen LogP contribution >= 0.6 is 15.9 Å². The number of halogens is 1. The van der Waals surface area contributed by atoms with Crippen LogP contribution in [-0.2, 0) is 4.74 Å². The predicted molar refractivity (Wildman–Crippen MR) is 68.3 cm³/mol. The van der Waals surface area contributed by atoms with Crippen LogP contribution in [0.15, 0.2) is 52.5 Å². The molecular weight excluding hydrogens is 254 g/mol. The molecule has 0 saturated heterocycles. The summed E-state index contributed by atoms with van der Waals surface area (Å²) in [6.45, 7) is 4.41. The molecular formula is C12H14BrNO. The number of ether oxygens (including phenoxy) is 1. The van der Waals surface area contributed by atoms with Gasteiger partial charge in [-0.25, -0.2) is 4.99 Å². The molecule has 0 fully saturated rings. The minimum Gasteiger partial charge on any atom is -0.481 e. The van der Waals surface area contributed by atoms with Gasteiger partial charge in [0.2, 0.25) is 5.90 Å². The molecule has 3 heteroatoms. The second-order valence-corrected chi connectivity index (χ2v) is 3.90. The van der Waals surface area contributed by atoms with Crippen LogP contribution in [0, 0.1) is 5.92 Å². The average Bonchev–Trinajstić information content (AvgIpc) is 2.26. The van der Waals surface area contributed by atoms with Crippen molar-refractivity contribution >= 4 is 21.8 Å². The topological polar surface area (TPSA) is 21.6 Å². The van der Waals surface area contributed by atoms with Gasteiger partial charge < -0.3 is 4.74 Å². The van der Waals surface area contributed by atoms with Gasteiger partial charge in [0.25, 0.3) is 0 Å². The molecule has 0 radical (unpaired) electrons. The van der Waals surface area contributed by atoms with Crippen molar-refractivity contribution in [3.05, 3.63) is 47.5 Å². The van der Waals surface area contributed by atoms with E-state index in [2.05, 4.69) is 27.5 Å². The van der Waals surface area contributed by atoms with Crippen molar-refractivity contribution < 1.29 is 4.74 Å². The molecule has 1 unspecified atom stereocenters. The van der Waals surface area contributed by atoms with E-state index in [1.165, 1.54) is 0 Å². The van der Waals surface area contributed by atoms with Crippen molar-refractivity contribution in [3.63, 3.8) is 0 Å². The second-order valence-electron chi connectivity index (χ2n) is 2.98. The number of methoxy groups -OCH3 is 1. The lowest BCUT2D eigenvalue weighted by atomic mass is 10.1. The summed E-state index contributed by atoms with van der Waals surface area (Å²) in [5.41, 5.74) is 0. The van der Waals surface area contributed by atoms with Gasteiger partial charge in [-0.3, -0.25) is 0 Å². The first-order valence-corrected chi connectivity index (χ1v) is 5.48. The van der Waals surface area contributed by atoms with Crippen molar-refractivity contribution in [2.24, 2.45) is 10.9 Å². The standard InChI is InChI=1S/C12H14BrNO/c1-3-10-7-8-12(15-2)14-9-5-4-6-11(10)13/h3-8,10H,1,9H2,2H3/b5-4-,8-7-,11-6+,14-12?. The predicted octanol–water partition coefficient (Wildman–Crippen LogP) is 3.24.